The largest absolute Gasteiger partial charge is 0.461 e. The number of benzene rings is 1. The maximum Gasteiger partial charge on any atom is 0.461 e. The number of ether oxygens (including phenoxy) is 1. The van der Waals surface area contributed by atoms with E-state index >= 15 is 0 Å². The number of alkyl halides is 4. The first-order valence-corrected chi connectivity index (χ1v) is 9.02. The van der Waals surface area contributed by atoms with Crippen LogP contribution in [0.25, 0.3) is 0 Å². The maximum absolute atomic E-state index is 13.2. The summed E-state index contributed by atoms with van der Waals surface area (Å²) in [5, 5.41) is 7.10. The lowest BCUT2D eigenvalue weighted by Crippen LogP contribution is -2.39. The summed E-state index contributed by atoms with van der Waals surface area (Å²) in [4.78, 5) is 12.5. The third kappa shape index (κ3) is 4.63. The number of carbonyl (C=O) groups excluding carboxylic acids is 1. The van der Waals surface area contributed by atoms with Crippen molar-refractivity contribution in [2.24, 2.45) is 0 Å². The molecule has 0 aliphatic heterocycles. The Morgan fingerprint density at radius 3 is 2.54 bits per heavy atom. The molecule has 2 aromatic rings. The number of amides is 1. The Kier molecular flexibility index (Phi) is 5.90. The summed E-state index contributed by atoms with van der Waals surface area (Å²) in [5.74, 6) is -1.20. The number of hydrogen-bond donors (Lipinski definition) is 1. The van der Waals surface area contributed by atoms with E-state index in [-0.39, 0.29) is 17.6 Å². The zero-order chi connectivity index (χ0) is 20.3. The number of nitrogens with one attached hydrogen (secondary N) is 1. The predicted molar refractivity (Wildman–Crippen MR) is 93.7 cm³/mol. The van der Waals surface area contributed by atoms with Gasteiger partial charge >= 0.3 is 12.5 Å². The Balaban J connectivity index is 1.61. The third-order valence-corrected chi connectivity index (χ3v) is 4.77. The Labute approximate surface area is 159 Å². The zero-order valence-corrected chi connectivity index (χ0v) is 15.2. The Morgan fingerprint density at radius 2 is 1.93 bits per heavy atom. The second-order valence-electron chi connectivity index (χ2n) is 6.94. The number of aromatic nitrogens is 2. The van der Waals surface area contributed by atoms with Crippen LogP contribution in [0.5, 0.6) is 5.75 Å². The number of halogens is 4. The molecule has 9 heteroatoms. The minimum atomic E-state index is -4.67. The van der Waals surface area contributed by atoms with E-state index in [1.165, 1.54) is 18.2 Å². The number of aryl methyl sites for hydroxylation is 1. The van der Waals surface area contributed by atoms with Gasteiger partial charge in [-0.15, -0.1) is 0 Å². The van der Waals surface area contributed by atoms with Crippen molar-refractivity contribution in [2.45, 2.75) is 57.2 Å². The van der Waals surface area contributed by atoms with Gasteiger partial charge in [0.2, 0.25) is 0 Å². The molecule has 0 radical (unpaired) electrons. The lowest BCUT2D eigenvalue weighted by Gasteiger charge is -2.29. The number of rotatable bonds is 6. The Bertz CT molecular complexity index is 817. The molecule has 1 heterocycles. The van der Waals surface area contributed by atoms with E-state index in [0.29, 0.717) is 12.8 Å². The fourth-order valence-corrected chi connectivity index (χ4v) is 3.31. The quantitative estimate of drug-likeness (QED) is 0.735. The Morgan fingerprint density at radius 1 is 1.25 bits per heavy atom. The van der Waals surface area contributed by atoms with E-state index in [2.05, 4.69) is 15.2 Å². The van der Waals surface area contributed by atoms with Crippen LogP contribution >= 0.6 is 0 Å². The van der Waals surface area contributed by atoms with Gasteiger partial charge < -0.3 is 10.1 Å². The first-order valence-electron chi connectivity index (χ1n) is 9.02. The minimum Gasteiger partial charge on any atom is -0.427 e. The van der Waals surface area contributed by atoms with Crippen molar-refractivity contribution in [3.05, 3.63) is 47.8 Å². The molecule has 1 aliphatic rings. The lowest BCUT2D eigenvalue weighted by atomic mass is 9.91. The summed E-state index contributed by atoms with van der Waals surface area (Å²) >= 11 is 0. The van der Waals surface area contributed by atoms with Crippen molar-refractivity contribution in [3.8, 4) is 5.75 Å². The van der Waals surface area contributed by atoms with Crippen molar-refractivity contribution < 1.29 is 27.1 Å². The molecule has 0 unspecified atom stereocenters. The van der Waals surface area contributed by atoms with Gasteiger partial charge in [0, 0.05) is 12.2 Å². The topological polar surface area (TPSA) is 56.2 Å². The SMILES string of the molecule is Cc1cnn(C2CCC(NC(=O)c3ccccc3OC(F)(F)C(F)F)CC2)c1. The normalized spacial score (nSPS) is 20.2. The van der Waals surface area contributed by atoms with Gasteiger partial charge in [0.05, 0.1) is 17.8 Å². The highest BCUT2D eigenvalue weighted by Gasteiger charge is 2.44. The fraction of sp³-hybridized carbons (Fsp3) is 0.474. The molecular weight excluding hydrogens is 378 g/mol. The molecule has 5 nitrogen and oxygen atoms in total. The zero-order valence-electron chi connectivity index (χ0n) is 15.2. The van der Waals surface area contributed by atoms with Crippen molar-refractivity contribution in [1.29, 1.82) is 0 Å². The second kappa shape index (κ2) is 8.20. The Hall–Kier alpha value is -2.58. The lowest BCUT2D eigenvalue weighted by molar-refractivity contribution is -0.253. The van der Waals surface area contributed by atoms with Gasteiger partial charge in [-0.2, -0.15) is 22.7 Å². The van der Waals surface area contributed by atoms with E-state index in [1.807, 2.05) is 17.8 Å². The van der Waals surface area contributed by atoms with E-state index in [0.717, 1.165) is 24.5 Å². The smallest absolute Gasteiger partial charge is 0.427 e. The number of nitrogens with zero attached hydrogens (tertiary/aromatic N) is 2. The molecule has 1 aromatic carbocycles. The highest BCUT2D eigenvalue weighted by Crippen LogP contribution is 2.31. The molecule has 0 saturated heterocycles. The molecular formula is C19H21F4N3O2. The van der Waals surface area contributed by atoms with Crippen molar-refractivity contribution in [1.82, 2.24) is 15.1 Å². The van der Waals surface area contributed by atoms with Gasteiger partial charge in [-0.1, -0.05) is 12.1 Å². The molecule has 1 amide bonds. The number of hydrogen-bond acceptors (Lipinski definition) is 3. The van der Waals surface area contributed by atoms with Crippen LogP contribution in [0.15, 0.2) is 36.7 Å². The summed E-state index contributed by atoms with van der Waals surface area (Å²) in [6.07, 6.45) is -1.88. The fourth-order valence-electron chi connectivity index (χ4n) is 3.31. The van der Waals surface area contributed by atoms with Crippen molar-refractivity contribution >= 4 is 5.91 Å². The van der Waals surface area contributed by atoms with Gasteiger partial charge in [0.1, 0.15) is 5.75 Å². The average molecular weight is 399 g/mol. The number of carbonyl (C=O) groups is 1. The van der Waals surface area contributed by atoms with Crippen LogP contribution in [0, 0.1) is 6.92 Å². The molecule has 1 saturated carbocycles. The van der Waals surface area contributed by atoms with Crippen LogP contribution in [0.1, 0.15) is 47.6 Å². The maximum atomic E-state index is 13.2. The van der Waals surface area contributed by atoms with Gasteiger partial charge in [0.15, 0.2) is 0 Å². The third-order valence-electron chi connectivity index (χ3n) is 4.77. The monoisotopic (exact) mass is 399 g/mol. The molecule has 0 bridgehead atoms. The van der Waals surface area contributed by atoms with Crippen LogP contribution in [0.3, 0.4) is 0 Å². The highest BCUT2D eigenvalue weighted by molar-refractivity contribution is 5.97. The van der Waals surface area contributed by atoms with Gasteiger partial charge in [-0.05, 0) is 50.3 Å². The van der Waals surface area contributed by atoms with Crippen molar-refractivity contribution in [3.63, 3.8) is 0 Å². The molecule has 1 N–H and O–H groups in total. The summed E-state index contributed by atoms with van der Waals surface area (Å²) in [6, 6.07) is 5.25. The van der Waals surface area contributed by atoms with Crippen molar-refractivity contribution in [2.75, 3.05) is 0 Å². The molecule has 1 aromatic heterocycles. The summed E-state index contributed by atoms with van der Waals surface area (Å²) < 4.78 is 57.3. The van der Waals surface area contributed by atoms with Gasteiger partial charge in [-0.3, -0.25) is 9.48 Å². The van der Waals surface area contributed by atoms with E-state index in [1.54, 1.807) is 6.20 Å². The summed E-state index contributed by atoms with van der Waals surface area (Å²) in [5.41, 5.74) is 0.875. The van der Waals surface area contributed by atoms with Crippen LogP contribution in [-0.2, 0) is 0 Å². The molecule has 1 aliphatic carbocycles. The molecule has 152 valence electrons. The molecule has 3 rings (SSSR count). The van der Waals surface area contributed by atoms with Crippen LogP contribution in [0.2, 0.25) is 0 Å². The molecule has 0 spiro atoms. The molecule has 28 heavy (non-hydrogen) atoms. The van der Waals surface area contributed by atoms with E-state index in [9.17, 15) is 22.4 Å². The summed E-state index contributed by atoms with van der Waals surface area (Å²) in [7, 11) is 0. The van der Waals surface area contributed by atoms with E-state index in [4.69, 9.17) is 0 Å². The second-order valence-corrected chi connectivity index (χ2v) is 6.94. The number of para-hydroxylation sites is 1. The standard InChI is InChI=1S/C19H21F4N3O2/c1-12-10-24-26(11-12)14-8-6-13(7-9-14)25-17(27)15-4-2-3-5-16(15)28-19(22,23)18(20)21/h2-5,10-11,13-14,18H,6-9H2,1H3,(H,25,27). The van der Waals surface area contributed by atoms with Gasteiger partial charge in [0.25, 0.3) is 5.91 Å². The molecule has 0 atom stereocenters. The van der Waals surface area contributed by atoms with Crippen LogP contribution < -0.4 is 10.1 Å². The highest BCUT2D eigenvalue weighted by atomic mass is 19.3. The first-order chi connectivity index (χ1) is 13.3. The summed E-state index contributed by atoms with van der Waals surface area (Å²) in [6.45, 7) is 1.96. The predicted octanol–water partition coefficient (Wildman–Crippen LogP) is 4.34. The van der Waals surface area contributed by atoms with Gasteiger partial charge in [-0.25, -0.2) is 0 Å². The average Bonchev–Trinajstić information content (AvgIpc) is 3.08. The van der Waals surface area contributed by atoms with E-state index < -0.39 is 24.2 Å². The first kappa shape index (κ1) is 20.2. The van der Waals surface area contributed by atoms with Crippen LogP contribution in [-0.4, -0.2) is 34.3 Å². The minimum absolute atomic E-state index is 0.135. The molecule has 1 fully saturated rings. The van der Waals surface area contributed by atoms with Crippen LogP contribution in [0.4, 0.5) is 17.6 Å².